The van der Waals surface area contributed by atoms with Gasteiger partial charge in [-0.1, -0.05) is 66.2 Å². The summed E-state index contributed by atoms with van der Waals surface area (Å²) >= 11 is 6.00. The first-order chi connectivity index (χ1) is 15.9. The van der Waals surface area contributed by atoms with E-state index in [4.69, 9.17) is 16.3 Å². The predicted molar refractivity (Wildman–Crippen MR) is 133 cm³/mol. The van der Waals surface area contributed by atoms with Gasteiger partial charge in [-0.25, -0.2) is 0 Å². The van der Waals surface area contributed by atoms with Crippen molar-refractivity contribution >= 4 is 29.1 Å². The molecular formula is C26H28ClN3O3. The third-order valence-corrected chi connectivity index (χ3v) is 5.39. The molecule has 1 atom stereocenters. The lowest BCUT2D eigenvalue weighted by atomic mass is 10.0. The molecule has 0 spiro atoms. The third kappa shape index (κ3) is 7.07. The van der Waals surface area contributed by atoms with Gasteiger partial charge in [0.05, 0.1) is 31.9 Å². The van der Waals surface area contributed by atoms with Crippen molar-refractivity contribution in [3.63, 3.8) is 0 Å². The smallest absolute Gasteiger partial charge is 0.238 e. The number of amides is 2. The zero-order valence-corrected chi connectivity index (χ0v) is 19.7. The molecule has 3 rings (SSSR count). The van der Waals surface area contributed by atoms with Gasteiger partial charge in [-0.3, -0.25) is 14.5 Å². The maximum atomic E-state index is 12.5. The monoisotopic (exact) mass is 465 g/mol. The summed E-state index contributed by atoms with van der Waals surface area (Å²) in [4.78, 5) is 26.5. The first-order valence-corrected chi connectivity index (χ1v) is 11.0. The Bertz CT molecular complexity index is 1090. The molecule has 2 N–H and O–H groups in total. The fraction of sp³-hybridized carbons (Fsp3) is 0.231. The van der Waals surface area contributed by atoms with Crippen LogP contribution in [0.3, 0.4) is 0 Å². The van der Waals surface area contributed by atoms with E-state index in [9.17, 15) is 9.59 Å². The van der Waals surface area contributed by atoms with E-state index in [2.05, 4.69) is 22.8 Å². The Kier molecular flexibility index (Phi) is 8.46. The Morgan fingerprint density at radius 2 is 1.58 bits per heavy atom. The Morgan fingerprint density at radius 1 is 0.939 bits per heavy atom. The van der Waals surface area contributed by atoms with Crippen molar-refractivity contribution in [2.45, 2.75) is 13.0 Å². The van der Waals surface area contributed by atoms with Crippen molar-refractivity contribution in [2.75, 3.05) is 32.6 Å². The van der Waals surface area contributed by atoms with Crippen LogP contribution in [0.4, 0.5) is 5.69 Å². The fourth-order valence-corrected chi connectivity index (χ4v) is 3.65. The number of carbonyl (C=O) groups excluding carboxylic acids is 2. The molecule has 3 aromatic rings. The second kappa shape index (κ2) is 11.5. The lowest BCUT2D eigenvalue weighted by Gasteiger charge is -2.19. The summed E-state index contributed by atoms with van der Waals surface area (Å²) in [5.74, 6) is 0.0842. The van der Waals surface area contributed by atoms with E-state index in [1.807, 2.05) is 49.4 Å². The average molecular weight is 466 g/mol. The molecule has 0 heterocycles. The first kappa shape index (κ1) is 24.3. The zero-order chi connectivity index (χ0) is 23.8. The molecule has 0 saturated carbocycles. The average Bonchev–Trinajstić information content (AvgIpc) is 2.79. The number of hydrogen-bond acceptors (Lipinski definition) is 4. The van der Waals surface area contributed by atoms with E-state index in [0.717, 1.165) is 16.7 Å². The molecule has 33 heavy (non-hydrogen) atoms. The zero-order valence-electron chi connectivity index (χ0n) is 19.0. The summed E-state index contributed by atoms with van der Waals surface area (Å²) < 4.78 is 5.24. The SMILES string of the molecule is COc1ccc(Cl)cc1NC(=O)CN(C)CC(=O)NC(C)c1ccc(-c2ccccc2)cc1. The van der Waals surface area contributed by atoms with Crippen molar-refractivity contribution < 1.29 is 14.3 Å². The number of hydrogen-bond donors (Lipinski definition) is 2. The van der Waals surface area contributed by atoms with Gasteiger partial charge in [-0.15, -0.1) is 0 Å². The number of anilines is 1. The summed E-state index contributed by atoms with van der Waals surface area (Å²) in [6.07, 6.45) is 0. The molecule has 0 aliphatic heterocycles. The summed E-state index contributed by atoms with van der Waals surface area (Å²) in [5, 5.41) is 6.25. The number of carbonyl (C=O) groups is 2. The summed E-state index contributed by atoms with van der Waals surface area (Å²) in [6, 6.07) is 23.1. The molecule has 7 heteroatoms. The van der Waals surface area contributed by atoms with Crippen LogP contribution in [0, 0.1) is 0 Å². The summed E-state index contributed by atoms with van der Waals surface area (Å²) in [7, 11) is 3.24. The molecule has 6 nitrogen and oxygen atoms in total. The van der Waals surface area contributed by atoms with E-state index in [1.54, 1.807) is 30.1 Å². The molecule has 0 radical (unpaired) electrons. The molecule has 0 bridgehead atoms. The van der Waals surface area contributed by atoms with E-state index in [0.29, 0.717) is 16.5 Å². The number of halogens is 1. The topological polar surface area (TPSA) is 70.7 Å². The molecule has 1 unspecified atom stereocenters. The molecule has 172 valence electrons. The van der Waals surface area contributed by atoms with Crippen LogP contribution in [-0.4, -0.2) is 44.0 Å². The van der Waals surface area contributed by atoms with Crippen LogP contribution in [0.2, 0.25) is 5.02 Å². The highest BCUT2D eigenvalue weighted by Crippen LogP contribution is 2.27. The van der Waals surface area contributed by atoms with E-state index in [-0.39, 0.29) is 30.9 Å². The molecule has 0 aromatic heterocycles. The van der Waals surface area contributed by atoms with Crippen LogP contribution >= 0.6 is 11.6 Å². The first-order valence-electron chi connectivity index (χ1n) is 10.6. The van der Waals surface area contributed by atoms with Gasteiger partial charge in [0.25, 0.3) is 0 Å². The molecule has 3 aromatic carbocycles. The fourth-order valence-electron chi connectivity index (χ4n) is 3.48. The minimum absolute atomic E-state index is 0.0449. The van der Waals surface area contributed by atoms with E-state index >= 15 is 0 Å². The van der Waals surface area contributed by atoms with Gasteiger partial charge in [0, 0.05) is 5.02 Å². The number of nitrogens with zero attached hydrogens (tertiary/aromatic N) is 1. The van der Waals surface area contributed by atoms with Crippen LogP contribution in [0.1, 0.15) is 18.5 Å². The van der Waals surface area contributed by atoms with Gasteiger partial charge in [0.1, 0.15) is 5.75 Å². The van der Waals surface area contributed by atoms with Gasteiger partial charge in [0.2, 0.25) is 11.8 Å². The van der Waals surface area contributed by atoms with Gasteiger partial charge in [-0.05, 0) is 48.9 Å². The van der Waals surface area contributed by atoms with Crippen molar-refractivity contribution in [1.29, 1.82) is 0 Å². The Morgan fingerprint density at radius 3 is 2.24 bits per heavy atom. The van der Waals surface area contributed by atoms with E-state index in [1.165, 1.54) is 7.11 Å². The number of likely N-dealkylation sites (N-methyl/N-ethyl adjacent to an activating group) is 1. The van der Waals surface area contributed by atoms with Crippen LogP contribution < -0.4 is 15.4 Å². The van der Waals surface area contributed by atoms with Crippen molar-refractivity contribution in [1.82, 2.24) is 10.2 Å². The Labute approximate surface area is 199 Å². The summed E-state index contributed by atoms with van der Waals surface area (Å²) in [6.45, 7) is 2.07. The van der Waals surface area contributed by atoms with Gasteiger partial charge < -0.3 is 15.4 Å². The minimum atomic E-state index is -0.268. The Balaban J connectivity index is 1.49. The van der Waals surface area contributed by atoms with Gasteiger partial charge >= 0.3 is 0 Å². The van der Waals surface area contributed by atoms with Crippen LogP contribution in [0.15, 0.2) is 72.8 Å². The largest absolute Gasteiger partial charge is 0.495 e. The quantitative estimate of drug-likeness (QED) is 0.478. The van der Waals surface area contributed by atoms with Crippen molar-refractivity contribution in [3.8, 4) is 16.9 Å². The maximum absolute atomic E-state index is 12.5. The highest BCUT2D eigenvalue weighted by Gasteiger charge is 2.15. The lowest BCUT2D eigenvalue weighted by Crippen LogP contribution is -2.39. The highest BCUT2D eigenvalue weighted by molar-refractivity contribution is 6.31. The van der Waals surface area contributed by atoms with Crippen LogP contribution in [0.25, 0.3) is 11.1 Å². The number of ether oxygens (including phenoxy) is 1. The van der Waals surface area contributed by atoms with Gasteiger partial charge in [-0.2, -0.15) is 0 Å². The summed E-state index contributed by atoms with van der Waals surface area (Å²) in [5.41, 5.74) is 3.77. The third-order valence-electron chi connectivity index (χ3n) is 5.16. The molecular weight excluding hydrogens is 438 g/mol. The van der Waals surface area contributed by atoms with E-state index < -0.39 is 0 Å². The van der Waals surface area contributed by atoms with Crippen LogP contribution in [-0.2, 0) is 9.59 Å². The number of methoxy groups -OCH3 is 1. The van der Waals surface area contributed by atoms with Crippen LogP contribution in [0.5, 0.6) is 5.75 Å². The number of rotatable bonds is 9. The molecule has 0 saturated heterocycles. The molecule has 0 fully saturated rings. The second-order valence-corrected chi connectivity index (χ2v) is 8.28. The maximum Gasteiger partial charge on any atom is 0.238 e. The molecule has 0 aliphatic rings. The van der Waals surface area contributed by atoms with Crippen molar-refractivity contribution in [3.05, 3.63) is 83.4 Å². The highest BCUT2D eigenvalue weighted by atomic mass is 35.5. The van der Waals surface area contributed by atoms with Crippen molar-refractivity contribution in [2.24, 2.45) is 0 Å². The second-order valence-electron chi connectivity index (χ2n) is 7.84. The van der Waals surface area contributed by atoms with Gasteiger partial charge in [0.15, 0.2) is 0 Å². The minimum Gasteiger partial charge on any atom is -0.495 e. The lowest BCUT2D eigenvalue weighted by molar-refractivity contribution is -0.123. The standard InChI is InChI=1S/C26H28ClN3O3/c1-18(19-9-11-21(12-10-19)20-7-5-4-6-8-20)28-25(31)16-30(2)17-26(32)29-23-15-22(27)13-14-24(23)33-3/h4-15,18H,16-17H2,1-3H3,(H,28,31)(H,29,32). The molecule has 2 amide bonds. The normalized spacial score (nSPS) is 11.7. The predicted octanol–water partition coefficient (Wildman–Crippen LogP) is 4.76. The molecule has 0 aliphatic carbocycles. The number of nitrogens with one attached hydrogen (secondary N) is 2. The Hall–Kier alpha value is -3.35. The number of benzene rings is 3.